The van der Waals surface area contributed by atoms with E-state index < -0.39 is 10.0 Å². The smallest absolute Gasteiger partial charge is 0.240 e. The summed E-state index contributed by atoms with van der Waals surface area (Å²) in [4.78, 5) is 16.4. The number of nitrogens with one attached hydrogen (secondary N) is 1. The molecule has 2 atom stereocenters. The molecular weight excluding hydrogens is 374 g/mol. The summed E-state index contributed by atoms with van der Waals surface area (Å²) in [6.07, 6.45) is 3.50. The van der Waals surface area contributed by atoms with Gasteiger partial charge in [-0.2, -0.15) is 0 Å². The van der Waals surface area contributed by atoms with E-state index in [-0.39, 0.29) is 10.8 Å². The number of carbonyl (C=O) groups excluding carboxylic acids is 1. The van der Waals surface area contributed by atoms with Crippen molar-refractivity contribution in [3.63, 3.8) is 0 Å². The average molecular weight is 408 g/mol. The summed E-state index contributed by atoms with van der Waals surface area (Å²) in [5.74, 6) is 1.53. The molecule has 0 aliphatic carbocycles. The minimum atomic E-state index is -3.53. The molecule has 1 aromatic rings. The molecule has 6 nitrogen and oxygen atoms in total. The van der Waals surface area contributed by atoms with Crippen LogP contribution in [0.1, 0.15) is 45.1 Å². The van der Waals surface area contributed by atoms with Gasteiger partial charge in [0.2, 0.25) is 15.9 Å². The SMILES string of the molecule is Cc1cc(S(=O)(=O)NCCCN2C[C@@H](C)C[C@H](C)C2)ccc1N1CCCC1=O. The number of piperidine rings is 1. The van der Waals surface area contributed by atoms with E-state index in [2.05, 4.69) is 23.5 Å². The fourth-order valence-electron chi connectivity index (χ4n) is 4.57. The van der Waals surface area contributed by atoms with Crippen molar-refractivity contribution in [2.45, 2.75) is 51.3 Å². The summed E-state index contributed by atoms with van der Waals surface area (Å²) in [5.41, 5.74) is 1.63. The number of benzene rings is 1. The zero-order valence-corrected chi connectivity index (χ0v) is 18.1. The van der Waals surface area contributed by atoms with Gasteiger partial charge in [-0.25, -0.2) is 13.1 Å². The maximum absolute atomic E-state index is 12.6. The average Bonchev–Trinajstić information content (AvgIpc) is 3.03. The van der Waals surface area contributed by atoms with E-state index in [0.29, 0.717) is 31.3 Å². The predicted octanol–water partition coefficient (Wildman–Crippen LogP) is 2.77. The van der Waals surface area contributed by atoms with Crippen molar-refractivity contribution in [3.8, 4) is 0 Å². The minimum Gasteiger partial charge on any atom is -0.312 e. The van der Waals surface area contributed by atoms with E-state index in [1.165, 1.54) is 6.42 Å². The number of aryl methyl sites for hydroxylation is 1. The van der Waals surface area contributed by atoms with Crippen LogP contribution in [-0.4, -0.2) is 51.9 Å². The number of sulfonamides is 1. The molecule has 0 unspecified atom stereocenters. The Morgan fingerprint density at radius 1 is 1.18 bits per heavy atom. The Morgan fingerprint density at radius 2 is 1.89 bits per heavy atom. The largest absolute Gasteiger partial charge is 0.312 e. The lowest BCUT2D eigenvalue weighted by Gasteiger charge is -2.34. The Bertz CT molecular complexity index is 799. The molecule has 0 saturated carbocycles. The van der Waals surface area contributed by atoms with Gasteiger partial charge >= 0.3 is 0 Å². The Morgan fingerprint density at radius 3 is 2.50 bits per heavy atom. The second-order valence-electron chi connectivity index (χ2n) is 8.55. The summed E-state index contributed by atoms with van der Waals surface area (Å²) >= 11 is 0. The van der Waals surface area contributed by atoms with Gasteiger partial charge < -0.3 is 9.80 Å². The molecule has 28 heavy (non-hydrogen) atoms. The number of anilines is 1. The van der Waals surface area contributed by atoms with Gasteiger partial charge in [0, 0.05) is 38.3 Å². The van der Waals surface area contributed by atoms with E-state index in [4.69, 9.17) is 0 Å². The zero-order valence-electron chi connectivity index (χ0n) is 17.3. The molecule has 0 spiro atoms. The Kier molecular flexibility index (Phi) is 6.78. The Labute approximate surface area is 169 Å². The molecule has 2 aliphatic heterocycles. The summed E-state index contributed by atoms with van der Waals surface area (Å²) in [6, 6.07) is 5.02. The van der Waals surface area contributed by atoms with Crippen LogP contribution < -0.4 is 9.62 Å². The van der Waals surface area contributed by atoms with Gasteiger partial charge in [-0.05, 0) is 68.3 Å². The van der Waals surface area contributed by atoms with Crippen LogP contribution in [-0.2, 0) is 14.8 Å². The minimum absolute atomic E-state index is 0.109. The molecule has 0 radical (unpaired) electrons. The van der Waals surface area contributed by atoms with E-state index in [1.54, 1.807) is 23.1 Å². The van der Waals surface area contributed by atoms with Gasteiger partial charge in [0.25, 0.3) is 0 Å². The fourth-order valence-corrected chi connectivity index (χ4v) is 5.73. The van der Waals surface area contributed by atoms with Crippen molar-refractivity contribution in [2.24, 2.45) is 11.8 Å². The normalized spacial score (nSPS) is 24.1. The van der Waals surface area contributed by atoms with Crippen molar-refractivity contribution in [2.75, 3.05) is 37.6 Å². The first-order valence-electron chi connectivity index (χ1n) is 10.4. The summed E-state index contributed by atoms with van der Waals surface area (Å²) < 4.78 is 28.0. The highest BCUT2D eigenvalue weighted by molar-refractivity contribution is 7.89. The zero-order chi connectivity index (χ0) is 20.3. The fraction of sp³-hybridized carbons (Fsp3) is 0.667. The number of carbonyl (C=O) groups is 1. The van der Waals surface area contributed by atoms with Crippen LogP contribution in [0.4, 0.5) is 5.69 Å². The van der Waals surface area contributed by atoms with Crippen molar-refractivity contribution >= 4 is 21.6 Å². The highest BCUT2D eigenvalue weighted by Gasteiger charge is 2.24. The third-order valence-electron chi connectivity index (χ3n) is 5.73. The quantitative estimate of drug-likeness (QED) is 0.706. The highest BCUT2D eigenvalue weighted by atomic mass is 32.2. The number of likely N-dealkylation sites (tertiary alicyclic amines) is 1. The van der Waals surface area contributed by atoms with E-state index in [0.717, 1.165) is 43.7 Å². The van der Waals surface area contributed by atoms with Gasteiger partial charge in [-0.3, -0.25) is 4.79 Å². The predicted molar refractivity (Wildman–Crippen MR) is 112 cm³/mol. The second kappa shape index (κ2) is 8.93. The number of hydrogen-bond donors (Lipinski definition) is 1. The molecule has 1 N–H and O–H groups in total. The third-order valence-corrected chi connectivity index (χ3v) is 7.19. The van der Waals surface area contributed by atoms with Crippen molar-refractivity contribution < 1.29 is 13.2 Å². The topological polar surface area (TPSA) is 69.7 Å². The molecule has 2 saturated heterocycles. The molecule has 2 aliphatic rings. The Hall–Kier alpha value is -1.44. The van der Waals surface area contributed by atoms with Crippen LogP contribution in [0, 0.1) is 18.8 Å². The maximum Gasteiger partial charge on any atom is 0.240 e. The van der Waals surface area contributed by atoms with Crippen LogP contribution in [0.5, 0.6) is 0 Å². The van der Waals surface area contributed by atoms with E-state index >= 15 is 0 Å². The second-order valence-corrected chi connectivity index (χ2v) is 10.3. The number of rotatable bonds is 7. The van der Waals surface area contributed by atoms with E-state index in [9.17, 15) is 13.2 Å². The van der Waals surface area contributed by atoms with Crippen LogP contribution >= 0.6 is 0 Å². The van der Waals surface area contributed by atoms with Crippen LogP contribution in [0.25, 0.3) is 0 Å². The van der Waals surface area contributed by atoms with Crippen LogP contribution in [0.2, 0.25) is 0 Å². The van der Waals surface area contributed by atoms with Gasteiger partial charge in [-0.1, -0.05) is 13.8 Å². The van der Waals surface area contributed by atoms with Crippen molar-refractivity contribution in [3.05, 3.63) is 23.8 Å². The molecule has 7 heteroatoms. The standard InChI is InChI=1S/C21H33N3O3S/c1-16-12-17(2)15-23(14-16)10-5-9-22-28(26,27)19-7-8-20(18(3)13-19)24-11-4-6-21(24)25/h7-8,13,16-17,22H,4-6,9-12,14-15H2,1-3H3/t16-,17-/m0/s1. The first kappa shape index (κ1) is 21.3. The lowest BCUT2D eigenvalue weighted by atomic mass is 9.92. The first-order chi connectivity index (χ1) is 13.3. The summed E-state index contributed by atoms with van der Waals surface area (Å²) in [5, 5.41) is 0. The molecule has 156 valence electrons. The number of hydrogen-bond acceptors (Lipinski definition) is 4. The van der Waals surface area contributed by atoms with Crippen molar-refractivity contribution in [1.29, 1.82) is 0 Å². The summed E-state index contributed by atoms with van der Waals surface area (Å²) in [6.45, 7) is 10.7. The molecule has 1 aromatic carbocycles. The molecule has 3 rings (SSSR count). The Balaban J connectivity index is 1.54. The van der Waals surface area contributed by atoms with Gasteiger partial charge in [0.1, 0.15) is 0 Å². The van der Waals surface area contributed by atoms with E-state index in [1.807, 2.05) is 6.92 Å². The lowest BCUT2D eigenvalue weighted by molar-refractivity contribution is -0.117. The molecule has 0 aromatic heterocycles. The van der Waals surface area contributed by atoms with Gasteiger partial charge in [0.15, 0.2) is 0 Å². The van der Waals surface area contributed by atoms with Crippen LogP contribution in [0.15, 0.2) is 23.1 Å². The first-order valence-corrected chi connectivity index (χ1v) is 11.9. The lowest BCUT2D eigenvalue weighted by Crippen LogP contribution is -2.40. The highest BCUT2D eigenvalue weighted by Crippen LogP contribution is 2.27. The number of amides is 1. The molecule has 2 heterocycles. The molecule has 0 bridgehead atoms. The third kappa shape index (κ3) is 5.13. The summed E-state index contributed by atoms with van der Waals surface area (Å²) in [7, 11) is -3.53. The monoisotopic (exact) mass is 407 g/mol. The van der Waals surface area contributed by atoms with Gasteiger partial charge in [0.05, 0.1) is 4.90 Å². The van der Waals surface area contributed by atoms with Crippen molar-refractivity contribution in [1.82, 2.24) is 9.62 Å². The number of nitrogens with zero attached hydrogens (tertiary/aromatic N) is 2. The molecule has 1 amide bonds. The molecule has 2 fully saturated rings. The maximum atomic E-state index is 12.6. The van der Waals surface area contributed by atoms with Crippen LogP contribution in [0.3, 0.4) is 0 Å². The van der Waals surface area contributed by atoms with Gasteiger partial charge in [-0.15, -0.1) is 0 Å². The molecular formula is C21H33N3O3S.